The lowest BCUT2D eigenvalue weighted by molar-refractivity contribution is 0.466. The SMILES string of the molecule is CCNCC(C)(C)c1n[nH]c(N)c1N. The minimum absolute atomic E-state index is 0.103. The Morgan fingerprint density at radius 1 is 1.43 bits per heavy atom. The quantitative estimate of drug-likeness (QED) is 0.564. The molecule has 80 valence electrons. The summed E-state index contributed by atoms with van der Waals surface area (Å²) in [5.41, 5.74) is 12.7. The van der Waals surface area contributed by atoms with Crippen LogP contribution in [-0.4, -0.2) is 23.3 Å². The van der Waals surface area contributed by atoms with Crippen molar-refractivity contribution in [3.8, 4) is 0 Å². The van der Waals surface area contributed by atoms with Gasteiger partial charge in [0.2, 0.25) is 0 Å². The third-order valence-electron chi connectivity index (χ3n) is 2.29. The van der Waals surface area contributed by atoms with E-state index in [0.717, 1.165) is 18.8 Å². The van der Waals surface area contributed by atoms with Crippen LogP contribution in [0.15, 0.2) is 0 Å². The van der Waals surface area contributed by atoms with Crippen molar-refractivity contribution in [1.82, 2.24) is 15.5 Å². The van der Waals surface area contributed by atoms with E-state index >= 15 is 0 Å². The highest BCUT2D eigenvalue weighted by molar-refractivity contribution is 5.63. The highest BCUT2D eigenvalue weighted by atomic mass is 15.2. The molecule has 0 aliphatic carbocycles. The van der Waals surface area contributed by atoms with Crippen LogP contribution in [0, 0.1) is 0 Å². The summed E-state index contributed by atoms with van der Waals surface area (Å²) >= 11 is 0. The number of nitrogens with one attached hydrogen (secondary N) is 2. The molecule has 0 fully saturated rings. The first-order valence-corrected chi connectivity index (χ1v) is 4.79. The number of hydrogen-bond donors (Lipinski definition) is 4. The lowest BCUT2D eigenvalue weighted by atomic mass is 9.88. The highest BCUT2D eigenvalue weighted by Gasteiger charge is 2.26. The summed E-state index contributed by atoms with van der Waals surface area (Å²) in [6.07, 6.45) is 0. The molecule has 0 saturated carbocycles. The summed E-state index contributed by atoms with van der Waals surface area (Å²) in [4.78, 5) is 0. The van der Waals surface area contributed by atoms with E-state index in [-0.39, 0.29) is 5.41 Å². The number of H-pyrrole nitrogens is 1. The molecule has 1 aromatic rings. The van der Waals surface area contributed by atoms with Crippen molar-refractivity contribution in [3.63, 3.8) is 0 Å². The Bertz CT molecular complexity index is 302. The van der Waals surface area contributed by atoms with Gasteiger partial charge >= 0.3 is 0 Å². The van der Waals surface area contributed by atoms with Gasteiger partial charge < -0.3 is 16.8 Å². The zero-order valence-corrected chi connectivity index (χ0v) is 9.02. The molecule has 14 heavy (non-hydrogen) atoms. The van der Waals surface area contributed by atoms with Gasteiger partial charge in [-0.2, -0.15) is 5.10 Å². The Balaban J connectivity index is 2.86. The standard InChI is InChI=1S/C9H19N5/c1-4-12-5-9(2,3)7-6(10)8(11)14-13-7/h12H,4-5,10H2,1-3H3,(H3,11,13,14). The van der Waals surface area contributed by atoms with Gasteiger partial charge in [-0.25, -0.2) is 0 Å². The molecule has 1 rings (SSSR count). The van der Waals surface area contributed by atoms with Crippen molar-refractivity contribution in [2.75, 3.05) is 24.6 Å². The lowest BCUT2D eigenvalue weighted by Crippen LogP contribution is -2.33. The third kappa shape index (κ3) is 1.98. The fourth-order valence-electron chi connectivity index (χ4n) is 1.40. The number of anilines is 2. The van der Waals surface area contributed by atoms with Crippen molar-refractivity contribution in [1.29, 1.82) is 0 Å². The number of nitrogen functional groups attached to an aromatic ring is 2. The molecule has 5 heteroatoms. The molecule has 0 saturated heterocycles. The van der Waals surface area contributed by atoms with Crippen molar-refractivity contribution in [2.45, 2.75) is 26.2 Å². The van der Waals surface area contributed by atoms with Gasteiger partial charge in [0, 0.05) is 12.0 Å². The van der Waals surface area contributed by atoms with Gasteiger partial charge in [0.15, 0.2) is 0 Å². The first-order chi connectivity index (χ1) is 6.49. The van der Waals surface area contributed by atoms with Crippen LogP contribution in [0.5, 0.6) is 0 Å². The lowest BCUT2D eigenvalue weighted by Gasteiger charge is -2.23. The van der Waals surface area contributed by atoms with Crippen molar-refractivity contribution in [2.24, 2.45) is 0 Å². The molecule has 0 radical (unpaired) electrons. The first kappa shape index (κ1) is 10.8. The molecule has 0 aliphatic heterocycles. The Morgan fingerprint density at radius 2 is 2.07 bits per heavy atom. The Morgan fingerprint density at radius 3 is 2.50 bits per heavy atom. The van der Waals surface area contributed by atoms with Crippen molar-refractivity contribution in [3.05, 3.63) is 5.69 Å². The fraction of sp³-hybridized carbons (Fsp3) is 0.667. The number of nitrogens with two attached hydrogens (primary N) is 2. The smallest absolute Gasteiger partial charge is 0.142 e. The van der Waals surface area contributed by atoms with E-state index in [4.69, 9.17) is 11.5 Å². The molecular weight excluding hydrogens is 178 g/mol. The molecule has 0 amide bonds. The van der Waals surface area contributed by atoms with Crippen molar-refractivity contribution >= 4 is 11.5 Å². The Labute approximate surface area is 84.2 Å². The van der Waals surface area contributed by atoms with Gasteiger partial charge in [-0.1, -0.05) is 20.8 Å². The number of likely N-dealkylation sites (N-methyl/N-ethyl adjacent to an activating group) is 1. The van der Waals surface area contributed by atoms with Crippen LogP contribution in [0.1, 0.15) is 26.5 Å². The van der Waals surface area contributed by atoms with E-state index in [2.05, 4.69) is 36.3 Å². The molecule has 1 aromatic heterocycles. The average molecular weight is 197 g/mol. The Hall–Kier alpha value is -1.23. The van der Waals surface area contributed by atoms with E-state index in [1.165, 1.54) is 0 Å². The van der Waals surface area contributed by atoms with E-state index < -0.39 is 0 Å². The maximum Gasteiger partial charge on any atom is 0.142 e. The fourth-order valence-corrected chi connectivity index (χ4v) is 1.40. The van der Waals surface area contributed by atoms with E-state index in [0.29, 0.717) is 11.5 Å². The van der Waals surface area contributed by atoms with Crippen LogP contribution in [-0.2, 0) is 5.41 Å². The average Bonchev–Trinajstić information content (AvgIpc) is 2.45. The van der Waals surface area contributed by atoms with Crippen LogP contribution in [0.2, 0.25) is 0 Å². The van der Waals surface area contributed by atoms with Crippen LogP contribution < -0.4 is 16.8 Å². The monoisotopic (exact) mass is 197 g/mol. The maximum absolute atomic E-state index is 5.81. The largest absolute Gasteiger partial charge is 0.394 e. The zero-order valence-electron chi connectivity index (χ0n) is 9.02. The molecule has 0 unspecified atom stereocenters. The van der Waals surface area contributed by atoms with Crippen LogP contribution in [0.25, 0.3) is 0 Å². The molecule has 0 aliphatic rings. The summed E-state index contributed by atoms with van der Waals surface area (Å²) in [6, 6.07) is 0. The third-order valence-corrected chi connectivity index (χ3v) is 2.29. The predicted octanol–water partition coefficient (Wildman–Crippen LogP) is 0.461. The summed E-state index contributed by atoms with van der Waals surface area (Å²) in [6.45, 7) is 8.00. The number of nitrogens with zero attached hydrogens (tertiary/aromatic N) is 1. The molecule has 0 atom stereocenters. The van der Waals surface area contributed by atoms with Gasteiger partial charge in [-0.15, -0.1) is 0 Å². The van der Waals surface area contributed by atoms with E-state index in [1.807, 2.05) is 0 Å². The Kier molecular flexibility index (Phi) is 3.00. The van der Waals surface area contributed by atoms with Gasteiger partial charge in [0.1, 0.15) is 5.82 Å². The molecule has 0 spiro atoms. The van der Waals surface area contributed by atoms with Crippen LogP contribution in [0.4, 0.5) is 11.5 Å². The normalized spacial score (nSPS) is 11.9. The summed E-state index contributed by atoms with van der Waals surface area (Å²) in [7, 11) is 0. The van der Waals surface area contributed by atoms with Gasteiger partial charge in [-0.05, 0) is 6.54 Å². The zero-order chi connectivity index (χ0) is 10.8. The van der Waals surface area contributed by atoms with Crippen LogP contribution in [0.3, 0.4) is 0 Å². The van der Waals surface area contributed by atoms with E-state index in [1.54, 1.807) is 0 Å². The second-order valence-electron chi connectivity index (χ2n) is 4.06. The molecule has 5 nitrogen and oxygen atoms in total. The van der Waals surface area contributed by atoms with Crippen molar-refractivity contribution < 1.29 is 0 Å². The van der Waals surface area contributed by atoms with Crippen LogP contribution >= 0.6 is 0 Å². The summed E-state index contributed by atoms with van der Waals surface area (Å²) in [5, 5.41) is 10.1. The maximum atomic E-state index is 5.81. The highest BCUT2D eigenvalue weighted by Crippen LogP contribution is 2.28. The van der Waals surface area contributed by atoms with Gasteiger partial charge in [0.25, 0.3) is 0 Å². The van der Waals surface area contributed by atoms with E-state index in [9.17, 15) is 0 Å². The molecular formula is C9H19N5. The predicted molar refractivity (Wildman–Crippen MR) is 59.0 cm³/mol. The molecule has 1 heterocycles. The number of aromatic amines is 1. The molecule has 6 N–H and O–H groups in total. The number of hydrogen-bond acceptors (Lipinski definition) is 4. The minimum Gasteiger partial charge on any atom is -0.394 e. The summed E-state index contributed by atoms with van der Waals surface area (Å²) in [5.74, 6) is 0.449. The molecule has 0 aromatic carbocycles. The topological polar surface area (TPSA) is 92.8 Å². The number of aromatic nitrogens is 2. The summed E-state index contributed by atoms with van der Waals surface area (Å²) < 4.78 is 0. The van der Waals surface area contributed by atoms with Gasteiger partial charge in [-0.3, -0.25) is 5.10 Å². The van der Waals surface area contributed by atoms with Gasteiger partial charge in [0.05, 0.1) is 11.4 Å². The minimum atomic E-state index is -0.103. The number of rotatable bonds is 4. The second-order valence-corrected chi connectivity index (χ2v) is 4.06. The second kappa shape index (κ2) is 3.88. The first-order valence-electron chi connectivity index (χ1n) is 4.79. The molecule has 0 bridgehead atoms.